The lowest BCUT2D eigenvalue weighted by molar-refractivity contribution is 0.0713. The molecule has 0 radical (unpaired) electrons. The van der Waals surface area contributed by atoms with E-state index < -0.39 is 6.10 Å². The van der Waals surface area contributed by atoms with Gasteiger partial charge >= 0.3 is 5.97 Å². The van der Waals surface area contributed by atoms with Crippen molar-refractivity contribution < 1.29 is 14.6 Å². The minimum atomic E-state index is -0.801. The van der Waals surface area contributed by atoms with E-state index in [0.29, 0.717) is 11.3 Å². The molecule has 1 heterocycles. The molecule has 0 fully saturated rings. The number of cyclic esters (lactones) is 1. The number of aryl methyl sites for hydroxylation is 1. The average molecular weight is 266 g/mol. The van der Waals surface area contributed by atoms with Crippen LogP contribution in [-0.4, -0.2) is 11.1 Å². The molecule has 1 atom stereocenters. The molecule has 1 aliphatic heterocycles. The zero-order valence-corrected chi connectivity index (χ0v) is 11.0. The second-order valence-corrected chi connectivity index (χ2v) is 4.82. The van der Waals surface area contributed by atoms with E-state index in [1.807, 2.05) is 43.3 Å². The largest absolute Gasteiger partial charge is 0.422 e. The molecule has 3 nitrogen and oxygen atoms in total. The number of hydrogen-bond donors (Lipinski definition) is 1. The fraction of sp³-hybridized carbons (Fsp3) is 0.118. The Hall–Kier alpha value is -2.39. The lowest BCUT2D eigenvalue weighted by Crippen LogP contribution is -1.96. The molecule has 1 N–H and O–H groups in total. The molecule has 0 saturated heterocycles. The number of esters is 1. The first-order chi connectivity index (χ1) is 9.65. The van der Waals surface area contributed by atoms with Crippen LogP contribution >= 0.6 is 0 Å². The molecule has 3 heteroatoms. The summed E-state index contributed by atoms with van der Waals surface area (Å²) in [6, 6.07) is 14.8. The number of ether oxygens (including phenoxy) is 1. The van der Waals surface area contributed by atoms with Gasteiger partial charge in [0, 0.05) is 5.56 Å². The molecule has 2 aromatic carbocycles. The smallest absolute Gasteiger partial charge is 0.344 e. The summed E-state index contributed by atoms with van der Waals surface area (Å²) in [6.07, 6.45) is 0.763. The number of carbonyl (C=O) groups is 1. The summed E-state index contributed by atoms with van der Waals surface area (Å²) in [5.74, 6) is 0.0432. The van der Waals surface area contributed by atoms with Crippen LogP contribution in [0.1, 0.15) is 33.2 Å². The number of fused-ring (bicyclic) bond motifs is 1. The summed E-state index contributed by atoms with van der Waals surface area (Å²) in [5, 5.41) is 10.2. The van der Waals surface area contributed by atoms with Gasteiger partial charge in [-0.1, -0.05) is 48.0 Å². The van der Waals surface area contributed by atoms with Gasteiger partial charge in [-0.15, -0.1) is 0 Å². The topological polar surface area (TPSA) is 46.5 Å². The predicted molar refractivity (Wildman–Crippen MR) is 76.0 cm³/mol. The lowest BCUT2D eigenvalue weighted by Gasteiger charge is -2.08. The van der Waals surface area contributed by atoms with Crippen molar-refractivity contribution in [2.75, 3.05) is 0 Å². The van der Waals surface area contributed by atoms with Crippen LogP contribution in [0.5, 0.6) is 0 Å². The van der Waals surface area contributed by atoms with Gasteiger partial charge in [0.2, 0.25) is 0 Å². The molecule has 100 valence electrons. The predicted octanol–water partition coefficient (Wildman–Crippen LogP) is 3.24. The Balaban J connectivity index is 1.94. The monoisotopic (exact) mass is 266 g/mol. The maximum absolute atomic E-state index is 11.7. The zero-order chi connectivity index (χ0) is 14.1. The fourth-order valence-corrected chi connectivity index (χ4v) is 2.21. The van der Waals surface area contributed by atoms with Gasteiger partial charge in [-0.2, -0.15) is 0 Å². The molecule has 0 amide bonds. The first-order valence-corrected chi connectivity index (χ1v) is 6.43. The maximum atomic E-state index is 11.7. The van der Waals surface area contributed by atoms with Crippen LogP contribution in [-0.2, 0) is 4.74 Å². The molecule has 0 bridgehead atoms. The van der Waals surface area contributed by atoms with E-state index in [2.05, 4.69) is 0 Å². The van der Waals surface area contributed by atoms with E-state index in [0.717, 1.165) is 16.7 Å². The molecule has 0 spiro atoms. The van der Waals surface area contributed by atoms with Crippen LogP contribution in [0, 0.1) is 6.92 Å². The minimum Gasteiger partial charge on any atom is -0.422 e. The Bertz CT molecular complexity index is 684. The normalized spacial score (nSPS) is 16.9. The highest BCUT2D eigenvalue weighted by Gasteiger charge is 2.26. The van der Waals surface area contributed by atoms with E-state index in [4.69, 9.17) is 4.74 Å². The summed E-state index contributed by atoms with van der Waals surface area (Å²) >= 11 is 0. The molecular formula is C17H14O3. The number of rotatable bonds is 2. The SMILES string of the molecule is Cc1ccc(C(O)/C=C2/OC(=O)c3ccccc32)cc1. The van der Waals surface area contributed by atoms with Crippen LogP contribution in [0.4, 0.5) is 0 Å². The Morgan fingerprint density at radius 1 is 1.05 bits per heavy atom. The van der Waals surface area contributed by atoms with Gasteiger partial charge in [-0.05, 0) is 24.6 Å². The highest BCUT2D eigenvalue weighted by atomic mass is 16.5. The van der Waals surface area contributed by atoms with Gasteiger partial charge in [0.25, 0.3) is 0 Å². The van der Waals surface area contributed by atoms with Crippen LogP contribution in [0.3, 0.4) is 0 Å². The highest BCUT2D eigenvalue weighted by Crippen LogP contribution is 2.31. The summed E-state index contributed by atoms with van der Waals surface area (Å²) < 4.78 is 5.21. The van der Waals surface area contributed by atoms with E-state index in [9.17, 15) is 9.90 Å². The lowest BCUT2D eigenvalue weighted by atomic mass is 10.0. The third kappa shape index (κ3) is 2.24. The summed E-state index contributed by atoms with van der Waals surface area (Å²) in [7, 11) is 0. The van der Waals surface area contributed by atoms with Gasteiger partial charge in [-0.3, -0.25) is 0 Å². The maximum Gasteiger partial charge on any atom is 0.344 e. The quantitative estimate of drug-likeness (QED) is 0.849. The Morgan fingerprint density at radius 3 is 2.40 bits per heavy atom. The van der Waals surface area contributed by atoms with Crippen molar-refractivity contribution in [3.8, 4) is 0 Å². The Morgan fingerprint density at radius 2 is 1.70 bits per heavy atom. The summed E-state index contributed by atoms with van der Waals surface area (Å²) in [6.45, 7) is 1.99. The third-order valence-corrected chi connectivity index (χ3v) is 3.34. The Labute approximate surface area is 117 Å². The second-order valence-electron chi connectivity index (χ2n) is 4.82. The van der Waals surface area contributed by atoms with Crippen LogP contribution in [0.2, 0.25) is 0 Å². The summed E-state index contributed by atoms with van der Waals surface area (Å²) in [4.78, 5) is 11.7. The number of benzene rings is 2. The molecular weight excluding hydrogens is 252 g/mol. The fourth-order valence-electron chi connectivity index (χ4n) is 2.21. The molecule has 1 aliphatic rings. The number of aliphatic hydroxyl groups excluding tert-OH is 1. The number of aliphatic hydroxyl groups is 1. The van der Waals surface area contributed by atoms with Gasteiger partial charge in [0.1, 0.15) is 11.9 Å². The number of carbonyl (C=O) groups excluding carboxylic acids is 1. The standard InChI is InChI=1S/C17H14O3/c1-11-6-8-12(9-7-11)15(18)10-16-13-4-2-3-5-14(13)17(19)20-16/h2-10,15,18H,1H3/b16-10+. The molecule has 3 rings (SSSR count). The van der Waals surface area contributed by atoms with Gasteiger partial charge in [-0.25, -0.2) is 4.79 Å². The van der Waals surface area contributed by atoms with Crippen LogP contribution in [0.15, 0.2) is 54.6 Å². The molecule has 20 heavy (non-hydrogen) atoms. The van der Waals surface area contributed by atoms with E-state index in [1.165, 1.54) is 0 Å². The van der Waals surface area contributed by atoms with Gasteiger partial charge in [0.15, 0.2) is 0 Å². The average Bonchev–Trinajstić information content (AvgIpc) is 2.77. The van der Waals surface area contributed by atoms with Crippen molar-refractivity contribution in [2.45, 2.75) is 13.0 Å². The highest BCUT2D eigenvalue weighted by molar-refractivity contribution is 6.02. The van der Waals surface area contributed by atoms with Crippen molar-refractivity contribution in [3.05, 3.63) is 76.9 Å². The first-order valence-electron chi connectivity index (χ1n) is 6.43. The van der Waals surface area contributed by atoms with Crippen molar-refractivity contribution in [2.24, 2.45) is 0 Å². The van der Waals surface area contributed by atoms with Crippen molar-refractivity contribution >= 4 is 11.7 Å². The molecule has 2 aromatic rings. The van der Waals surface area contributed by atoms with E-state index in [-0.39, 0.29) is 5.97 Å². The molecule has 1 unspecified atom stereocenters. The molecule has 0 aliphatic carbocycles. The zero-order valence-electron chi connectivity index (χ0n) is 11.0. The van der Waals surface area contributed by atoms with E-state index >= 15 is 0 Å². The first kappa shape index (κ1) is 12.6. The third-order valence-electron chi connectivity index (χ3n) is 3.34. The van der Waals surface area contributed by atoms with Crippen LogP contribution < -0.4 is 0 Å². The Kier molecular flexibility index (Phi) is 3.12. The van der Waals surface area contributed by atoms with Gasteiger partial charge in [0.05, 0.1) is 5.56 Å². The van der Waals surface area contributed by atoms with Crippen molar-refractivity contribution in [3.63, 3.8) is 0 Å². The molecule has 0 saturated carbocycles. The van der Waals surface area contributed by atoms with Crippen LogP contribution in [0.25, 0.3) is 5.76 Å². The van der Waals surface area contributed by atoms with E-state index in [1.54, 1.807) is 18.2 Å². The molecule has 0 aromatic heterocycles. The minimum absolute atomic E-state index is 0.372. The van der Waals surface area contributed by atoms with Crippen molar-refractivity contribution in [1.82, 2.24) is 0 Å². The number of hydrogen-bond acceptors (Lipinski definition) is 3. The summed E-state index contributed by atoms with van der Waals surface area (Å²) in [5.41, 5.74) is 3.16. The second kappa shape index (κ2) is 4.94. The van der Waals surface area contributed by atoms with Crippen molar-refractivity contribution in [1.29, 1.82) is 0 Å². The van der Waals surface area contributed by atoms with Gasteiger partial charge < -0.3 is 9.84 Å².